The van der Waals surface area contributed by atoms with Crippen molar-refractivity contribution in [3.05, 3.63) is 39.8 Å². The summed E-state index contributed by atoms with van der Waals surface area (Å²) in [7, 11) is 0. The third-order valence-corrected chi connectivity index (χ3v) is 4.73. The normalized spacial score (nSPS) is 20.4. The van der Waals surface area contributed by atoms with Gasteiger partial charge in [-0.05, 0) is 29.5 Å². The standard InChI is InChI=1S/C16H20ClN5O3/c1-2-25-15(23)12-7-9-20(10-8-12)11-21-16(24)22(19-18-21)14-6-4-3-5-13(14)17/h3-6,12H,2,7-11H2,1H3/p+1. The van der Waals surface area contributed by atoms with Crippen molar-refractivity contribution in [3.8, 4) is 5.69 Å². The predicted octanol–water partition coefficient (Wildman–Crippen LogP) is -0.102. The van der Waals surface area contributed by atoms with Crippen LogP contribution >= 0.6 is 11.6 Å². The van der Waals surface area contributed by atoms with E-state index < -0.39 is 0 Å². The second kappa shape index (κ2) is 7.79. The monoisotopic (exact) mass is 366 g/mol. The minimum absolute atomic E-state index is 0.0424. The number of halogens is 1. The number of ether oxygens (including phenoxy) is 1. The number of nitrogens with zero attached hydrogens (tertiary/aromatic N) is 4. The Labute approximate surface area is 149 Å². The third-order valence-electron chi connectivity index (χ3n) is 4.41. The molecule has 1 N–H and O–H groups in total. The molecule has 1 aromatic carbocycles. The van der Waals surface area contributed by atoms with Gasteiger partial charge in [-0.2, -0.15) is 4.68 Å². The smallest absolute Gasteiger partial charge is 0.373 e. The lowest BCUT2D eigenvalue weighted by atomic mass is 9.97. The second-order valence-electron chi connectivity index (χ2n) is 6.06. The summed E-state index contributed by atoms with van der Waals surface area (Å²) in [5.41, 5.74) is 0.185. The number of likely N-dealkylation sites (tertiary alicyclic amines) is 1. The molecule has 8 nitrogen and oxygen atoms in total. The Hall–Kier alpha value is -2.19. The number of rotatable bonds is 5. The number of para-hydroxylation sites is 1. The molecule has 2 aromatic rings. The molecular formula is C16H21ClN5O3+. The zero-order valence-corrected chi connectivity index (χ0v) is 14.8. The molecular weight excluding hydrogens is 346 g/mol. The van der Waals surface area contributed by atoms with Gasteiger partial charge >= 0.3 is 11.7 Å². The first-order valence-corrected chi connectivity index (χ1v) is 8.76. The van der Waals surface area contributed by atoms with Gasteiger partial charge in [-0.15, -0.1) is 4.68 Å². The summed E-state index contributed by atoms with van der Waals surface area (Å²) in [4.78, 5) is 25.5. The highest BCUT2D eigenvalue weighted by Gasteiger charge is 2.29. The number of quaternary nitrogens is 1. The maximum Gasteiger partial charge on any atom is 0.373 e. The third kappa shape index (κ3) is 3.91. The number of piperidine rings is 1. The number of nitrogens with one attached hydrogen (secondary N) is 1. The lowest BCUT2D eigenvalue weighted by molar-refractivity contribution is -0.929. The van der Waals surface area contributed by atoms with E-state index in [0.717, 1.165) is 25.9 Å². The molecule has 1 aliphatic rings. The number of tetrazole rings is 1. The van der Waals surface area contributed by atoms with Crippen LogP contribution in [0.1, 0.15) is 19.8 Å². The zero-order valence-electron chi connectivity index (χ0n) is 14.0. The molecule has 9 heteroatoms. The van der Waals surface area contributed by atoms with Gasteiger partial charge in [0.25, 0.3) is 0 Å². The predicted molar refractivity (Wildman–Crippen MR) is 90.7 cm³/mol. The molecule has 0 saturated carbocycles. The fraction of sp³-hybridized carbons (Fsp3) is 0.500. The van der Waals surface area contributed by atoms with Gasteiger partial charge in [0.1, 0.15) is 0 Å². The number of aromatic nitrogens is 4. The highest BCUT2D eigenvalue weighted by Crippen LogP contribution is 2.16. The average molecular weight is 367 g/mol. The maximum absolute atomic E-state index is 12.5. The van der Waals surface area contributed by atoms with E-state index in [2.05, 4.69) is 10.4 Å². The van der Waals surface area contributed by atoms with Crippen molar-refractivity contribution in [1.82, 2.24) is 19.8 Å². The van der Waals surface area contributed by atoms with E-state index in [4.69, 9.17) is 16.3 Å². The first kappa shape index (κ1) is 17.6. The summed E-state index contributed by atoms with van der Waals surface area (Å²) < 4.78 is 7.61. The van der Waals surface area contributed by atoms with Crippen LogP contribution in [0.2, 0.25) is 5.02 Å². The van der Waals surface area contributed by atoms with Crippen LogP contribution in [-0.2, 0) is 16.2 Å². The molecule has 1 saturated heterocycles. The van der Waals surface area contributed by atoms with Crippen LogP contribution < -0.4 is 10.6 Å². The van der Waals surface area contributed by atoms with Gasteiger partial charge in [0.2, 0.25) is 0 Å². The fourth-order valence-electron chi connectivity index (χ4n) is 3.04. The second-order valence-corrected chi connectivity index (χ2v) is 6.47. The van der Waals surface area contributed by atoms with E-state index in [1.54, 1.807) is 24.3 Å². The molecule has 1 aliphatic heterocycles. The first-order valence-electron chi connectivity index (χ1n) is 8.38. The zero-order chi connectivity index (χ0) is 17.8. The van der Waals surface area contributed by atoms with Crippen molar-refractivity contribution in [2.75, 3.05) is 19.7 Å². The first-order chi connectivity index (χ1) is 12.1. The molecule has 0 radical (unpaired) electrons. The van der Waals surface area contributed by atoms with Gasteiger partial charge in [0.15, 0.2) is 6.67 Å². The summed E-state index contributed by atoms with van der Waals surface area (Å²) in [6, 6.07) is 7.01. The van der Waals surface area contributed by atoms with Crippen LogP contribution in [0.4, 0.5) is 0 Å². The van der Waals surface area contributed by atoms with E-state index in [1.165, 1.54) is 14.3 Å². The lowest BCUT2D eigenvalue weighted by Crippen LogP contribution is -3.12. The molecule has 0 bridgehead atoms. The molecule has 0 aliphatic carbocycles. The number of carbonyl (C=O) groups is 1. The van der Waals surface area contributed by atoms with Crippen LogP contribution in [0.5, 0.6) is 0 Å². The van der Waals surface area contributed by atoms with E-state index in [-0.39, 0.29) is 17.6 Å². The van der Waals surface area contributed by atoms with Gasteiger partial charge < -0.3 is 9.64 Å². The number of hydrogen-bond donors (Lipinski definition) is 1. The maximum atomic E-state index is 12.5. The highest BCUT2D eigenvalue weighted by molar-refractivity contribution is 6.32. The Morgan fingerprint density at radius 1 is 1.32 bits per heavy atom. The van der Waals surface area contributed by atoms with Gasteiger partial charge in [0, 0.05) is 12.8 Å². The number of benzene rings is 1. The number of hydrogen-bond acceptors (Lipinski definition) is 5. The Balaban J connectivity index is 1.65. The Bertz CT molecular complexity index is 795. The summed E-state index contributed by atoms with van der Waals surface area (Å²) in [6.45, 7) is 4.21. The molecule has 2 heterocycles. The van der Waals surface area contributed by atoms with Crippen LogP contribution in [0.25, 0.3) is 5.69 Å². The van der Waals surface area contributed by atoms with E-state index in [1.807, 2.05) is 6.92 Å². The van der Waals surface area contributed by atoms with E-state index >= 15 is 0 Å². The van der Waals surface area contributed by atoms with E-state index in [0.29, 0.717) is 24.0 Å². The molecule has 0 atom stereocenters. The summed E-state index contributed by atoms with van der Waals surface area (Å²) >= 11 is 6.12. The molecule has 25 heavy (non-hydrogen) atoms. The van der Waals surface area contributed by atoms with Crippen LogP contribution in [-0.4, -0.2) is 45.5 Å². The molecule has 0 amide bonds. The topological polar surface area (TPSA) is 83.4 Å². The minimum atomic E-state index is -0.326. The van der Waals surface area contributed by atoms with Crippen molar-refractivity contribution in [2.24, 2.45) is 5.92 Å². The Kier molecular flexibility index (Phi) is 5.50. The van der Waals surface area contributed by atoms with Crippen molar-refractivity contribution < 1.29 is 14.4 Å². The van der Waals surface area contributed by atoms with Crippen LogP contribution in [0.3, 0.4) is 0 Å². The molecule has 0 unspecified atom stereocenters. The van der Waals surface area contributed by atoms with Crippen molar-refractivity contribution in [3.63, 3.8) is 0 Å². The molecule has 0 spiro atoms. The van der Waals surface area contributed by atoms with Crippen LogP contribution in [0, 0.1) is 5.92 Å². The summed E-state index contributed by atoms with van der Waals surface area (Å²) in [6.07, 6.45) is 1.50. The summed E-state index contributed by atoms with van der Waals surface area (Å²) in [5.74, 6) is -0.164. The quantitative estimate of drug-likeness (QED) is 0.747. The van der Waals surface area contributed by atoms with Gasteiger partial charge in [-0.1, -0.05) is 23.7 Å². The number of esters is 1. The largest absolute Gasteiger partial charge is 0.466 e. The molecule has 1 aromatic heterocycles. The van der Waals surface area contributed by atoms with Crippen molar-refractivity contribution >= 4 is 17.6 Å². The Morgan fingerprint density at radius 3 is 2.72 bits per heavy atom. The van der Waals surface area contributed by atoms with Crippen molar-refractivity contribution in [2.45, 2.75) is 26.4 Å². The molecule has 1 fully saturated rings. The fourth-order valence-corrected chi connectivity index (χ4v) is 3.26. The average Bonchev–Trinajstić information content (AvgIpc) is 2.97. The Morgan fingerprint density at radius 2 is 2.04 bits per heavy atom. The van der Waals surface area contributed by atoms with Crippen LogP contribution in [0.15, 0.2) is 29.1 Å². The van der Waals surface area contributed by atoms with E-state index in [9.17, 15) is 9.59 Å². The molecule has 3 rings (SSSR count). The van der Waals surface area contributed by atoms with Crippen molar-refractivity contribution in [1.29, 1.82) is 0 Å². The SMILES string of the molecule is CCOC(=O)C1CC[NH+](Cn2nnn(-c3ccccc3Cl)c2=O)CC1. The van der Waals surface area contributed by atoms with Gasteiger partial charge in [0.05, 0.1) is 36.3 Å². The van der Waals surface area contributed by atoms with Gasteiger partial charge in [-0.25, -0.2) is 4.79 Å². The summed E-state index contributed by atoms with van der Waals surface area (Å²) in [5, 5.41) is 8.33. The highest BCUT2D eigenvalue weighted by atomic mass is 35.5. The van der Waals surface area contributed by atoms with Gasteiger partial charge in [-0.3, -0.25) is 4.79 Å². The molecule has 134 valence electrons. The number of carbonyl (C=O) groups excluding carboxylic acids is 1. The lowest BCUT2D eigenvalue weighted by Gasteiger charge is -2.27. The minimum Gasteiger partial charge on any atom is -0.466 e.